The highest BCUT2D eigenvalue weighted by Crippen LogP contribution is 2.36. The largest absolute Gasteiger partial charge is 0.333 e. The number of carbonyl (C=O) groups is 1. The maximum Gasteiger partial charge on any atom is 0.333 e. The molecule has 0 spiro atoms. The summed E-state index contributed by atoms with van der Waals surface area (Å²) in [7, 11) is -2.40. The Morgan fingerprint density at radius 1 is 1.23 bits per heavy atom. The third-order valence-corrected chi connectivity index (χ3v) is 5.89. The summed E-state index contributed by atoms with van der Waals surface area (Å²) in [6.07, 6.45) is 10.5. The molecule has 1 saturated carbocycles. The molecule has 1 fully saturated rings. The van der Waals surface area contributed by atoms with Crippen LogP contribution in [-0.2, 0) is 17.1 Å². The van der Waals surface area contributed by atoms with Gasteiger partial charge < -0.3 is 5.32 Å². The Labute approximate surface area is 153 Å². The maximum absolute atomic E-state index is 12.4. The molecule has 140 valence electrons. The number of nitrogens with zero attached hydrogens (tertiary/aromatic N) is 2. The molecular formula is C18H24N4O3S. The van der Waals surface area contributed by atoms with Gasteiger partial charge in [0.1, 0.15) is 0 Å². The van der Waals surface area contributed by atoms with Gasteiger partial charge in [0, 0.05) is 18.9 Å². The van der Waals surface area contributed by atoms with Crippen molar-refractivity contribution in [1.29, 1.82) is 0 Å². The van der Waals surface area contributed by atoms with Crippen molar-refractivity contribution >= 4 is 16.1 Å². The number of hydrogen-bond donors (Lipinski definition) is 2. The molecule has 1 aromatic rings. The molecule has 0 bridgehead atoms. The fourth-order valence-corrected chi connectivity index (χ4v) is 4.27. The molecule has 2 aliphatic carbocycles. The summed E-state index contributed by atoms with van der Waals surface area (Å²) in [4.78, 5) is 12.4. The Morgan fingerprint density at radius 3 is 2.77 bits per heavy atom. The average molecular weight is 376 g/mol. The summed E-state index contributed by atoms with van der Waals surface area (Å²) in [5.41, 5.74) is 3.85. The highest BCUT2D eigenvalue weighted by atomic mass is 32.2. The zero-order valence-corrected chi connectivity index (χ0v) is 15.7. The molecular weight excluding hydrogens is 352 g/mol. The van der Waals surface area contributed by atoms with Crippen molar-refractivity contribution in [1.82, 2.24) is 19.8 Å². The molecule has 3 rings (SSSR count). The van der Waals surface area contributed by atoms with Crippen LogP contribution in [0, 0.1) is 0 Å². The first-order valence-electron chi connectivity index (χ1n) is 8.81. The van der Waals surface area contributed by atoms with Crippen LogP contribution in [0.2, 0.25) is 0 Å². The van der Waals surface area contributed by atoms with Crippen LogP contribution >= 0.6 is 0 Å². The van der Waals surface area contributed by atoms with Crippen molar-refractivity contribution in [3.8, 4) is 0 Å². The fourth-order valence-electron chi connectivity index (χ4n) is 3.39. The molecule has 0 unspecified atom stereocenters. The van der Waals surface area contributed by atoms with Gasteiger partial charge >= 0.3 is 6.03 Å². The summed E-state index contributed by atoms with van der Waals surface area (Å²) in [6.45, 7) is 4.12. The summed E-state index contributed by atoms with van der Waals surface area (Å²) in [5.74, 6) is 0. The molecule has 7 nitrogen and oxygen atoms in total. The van der Waals surface area contributed by atoms with Gasteiger partial charge in [0.05, 0.1) is 0 Å². The van der Waals surface area contributed by atoms with Crippen LogP contribution in [0.1, 0.15) is 44.9 Å². The number of aryl methyl sites for hydroxylation is 1. The van der Waals surface area contributed by atoms with Crippen molar-refractivity contribution in [3.05, 3.63) is 47.3 Å². The number of nitrogens with one attached hydrogen (secondary N) is 2. The Kier molecular flexibility index (Phi) is 5.31. The lowest BCUT2D eigenvalue weighted by Crippen LogP contribution is -2.39. The van der Waals surface area contributed by atoms with E-state index in [1.165, 1.54) is 22.5 Å². The monoisotopic (exact) mass is 376 g/mol. The van der Waals surface area contributed by atoms with E-state index in [4.69, 9.17) is 0 Å². The van der Waals surface area contributed by atoms with Crippen molar-refractivity contribution in [3.63, 3.8) is 0 Å². The second-order valence-electron chi connectivity index (χ2n) is 6.67. The molecule has 0 saturated heterocycles. The highest BCUT2D eigenvalue weighted by Gasteiger charge is 2.25. The standard InChI is InChI=1S/C18H24N4O3S/c1-13-7-4-3-5-8-14-9-6-10-15(14)17(13)19-18(23)21-26(24,25)16-11-12-22(2)20-16/h8,11-12H,1,3-7,9-10H2,2H3,(H2,19,21,23)/b14-8-,17-15?. The molecule has 2 N–H and O–H groups in total. The minimum Gasteiger partial charge on any atom is -0.307 e. The minimum absolute atomic E-state index is 0.192. The number of hydrogen-bond acceptors (Lipinski definition) is 4. The van der Waals surface area contributed by atoms with Crippen LogP contribution in [0.3, 0.4) is 0 Å². The van der Waals surface area contributed by atoms with Crippen molar-refractivity contribution in [2.45, 2.75) is 50.0 Å². The lowest BCUT2D eigenvalue weighted by Gasteiger charge is -2.16. The number of rotatable bonds is 3. The summed E-state index contributed by atoms with van der Waals surface area (Å²) < 4.78 is 28.0. The van der Waals surface area contributed by atoms with E-state index in [2.05, 4.69) is 23.1 Å². The predicted octanol–water partition coefficient (Wildman–Crippen LogP) is 2.90. The molecule has 1 heterocycles. The maximum atomic E-state index is 12.4. The van der Waals surface area contributed by atoms with E-state index >= 15 is 0 Å². The van der Waals surface area contributed by atoms with Crippen LogP contribution < -0.4 is 10.0 Å². The molecule has 26 heavy (non-hydrogen) atoms. The third-order valence-electron chi connectivity index (χ3n) is 4.67. The van der Waals surface area contributed by atoms with Crippen LogP contribution in [0.25, 0.3) is 0 Å². The van der Waals surface area contributed by atoms with E-state index in [0.717, 1.165) is 56.1 Å². The zero-order chi connectivity index (χ0) is 18.7. The normalized spacial score (nSPS) is 20.5. The summed E-state index contributed by atoms with van der Waals surface area (Å²) >= 11 is 0. The Balaban J connectivity index is 1.82. The molecule has 8 heteroatoms. The molecule has 0 aliphatic heterocycles. The number of aromatic nitrogens is 2. The van der Waals surface area contributed by atoms with Gasteiger partial charge in [0.25, 0.3) is 10.0 Å². The molecule has 2 amide bonds. The second-order valence-corrected chi connectivity index (χ2v) is 8.30. The van der Waals surface area contributed by atoms with E-state index < -0.39 is 16.1 Å². The van der Waals surface area contributed by atoms with Gasteiger partial charge in [-0.1, -0.05) is 12.7 Å². The quantitative estimate of drug-likeness (QED) is 0.848. The summed E-state index contributed by atoms with van der Waals surface area (Å²) in [5, 5.41) is 6.39. The van der Waals surface area contributed by atoms with Gasteiger partial charge in [-0.05, 0) is 67.7 Å². The van der Waals surface area contributed by atoms with Crippen molar-refractivity contribution < 1.29 is 13.2 Å². The number of amides is 2. The number of carbonyl (C=O) groups excluding carboxylic acids is 1. The Morgan fingerprint density at radius 2 is 2.04 bits per heavy atom. The van der Waals surface area contributed by atoms with Gasteiger partial charge in [-0.3, -0.25) is 4.68 Å². The van der Waals surface area contributed by atoms with Crippen molar-refractivity contribution in [2.24, 2.45) is 7.05 Å². The number of fused-ring (bicyclic) bond motifs is 1. The van der Waals surface area contributed by atoms with E-state index in [1.54, 1.807) is 7.05 Å². The smallest absolute Gasteiger partial charge is 0.307 e. The van der Waals surface area contributed by atoms with Gasteiger partial charge in [0.2, 0.25) is 0 Å². The van der Waals surface area contributed by atoms with Crippen LogP contribution in [0.4, 0.5) is 4.79 Å². The van der Waals surface area contributed by atoms with E-state index in [9.17, 15) is 13.2 Å². The zero-order valence-electron chi connectivity index (χ0n) is 14.9. The van der Waals surface area contributed by atoms with Crippen LogP contribution in [0.5, 0.6) is 0 Å². The minimum atomic E-state index is -4.01. The van der Waals surface area contributed by atoms with Gasteiger partial charge in [-0.2, -0.15) is 13.5 Å². The van der Waals surface area contributed by atoms with Gasteiger partial charge in [-0.15, -0.1) is 0 Å². The lowest BCUT2D eigenvalue weighted by molar-refractivity contribution is 0.248. The Hall–Kier alpha value is -2.35. The van der Waals surface area contributed by atoms with Gasteiger partial charge in [0.15, 0.2) is 5.03 Å². The van der Waals surface area contributed by atoms with Crippen molar-refractivity contribution in [2.75, 3.05) is 0 Å². The molecule has 2 aliphatic rings. The van der Waals surface area contributed by atoms with Crippen LogP contribution in [0.15, 0.2) is 52.4 Å². The lowest BCUT2D eigenvalue weighted by atomic mass is 10.0. The number of urea groups is 1. The fraction of sp³-hybridized carbons (Fsp3) is 0.444. The first-order chi connectivity index (χ1) is 12.4. The van der Waals surface area contributed by atoms with Gasteiger partial charge in [-0.25, -0.2) is 9.52 Å². The molecule has 0 aromatic carbocycles. The van der Waals surface area contributed by atoms with E-state index in [1.807, 2.05) is 4.72 Å². The van der Waals surface area contributed by atoms with Crippen LogP contribution in [-0.4, -0.2) is 24.2 Å². The average Bonchev–Trinajstić information content (AvgIpc) is 3.20. The summed E-state index contributed by atoms with van der Waals surface area (Å²) in [6, 6.07) is 0.554. The SMILES string of the molecule is C=C1CCCC/C=C2/CCCC2=C1NC(=O)NS(=O)(=O)c1ccn(C)n1. The number of allylic oxidation sites excluding steroid dienone is 4. The van der Waals surface area contributed by atoms with E-state index in [-0.39, 0.29) is 5.03 Å². The Bertz CT molecular complexity index is 893. The first-order valence-corrected chi connectivity index (χ1v) is 10.3. The molecule has 0 radical (unpaired) electrons. The predicted molar refractivity (Wildman–Crippen MR) is 98.6 cm³/mol. The topological polar surface area (TPSA) is 93.1 Å². The van der Waals surface area contributed by atoms with E-state index in [0.29, 0.717) is 5.70 Å². The first kappa shape index (κ1) is 18.4. The second kappa shape index (κ2) is 7.49. The third kappa shape index (κ3) is 4.07. The highest BCUT2D eigenvalue weighted by molar-refractivity contribution is 7.90. The number of sulfonamides is 1. The molecule has 1 aromatic heterocycles. The molecule has 0 atom stereocenters.